The summed E-state index contributed by atoms with van der Waals surface area (Å²) >= 11 is 0. The van der Waals surface area contributed by atoms with E-state index in [0.717, 1.165) is 5.56 Å². The molecule has 2 rings (SSSR count). The van der Waals surface area contributed by atoms with Gasteiger partial charge in [-0.25, -0.2) is 4.79 Å². The van der Waals surface area contributed by atoms with Crippen LogP contribution in [0.2, 0.25) is 0 Å². The molecule has 8 heteroatoms. The Hall–Kier alpha value is -2.61. The highest BCUT2D eigenvalue weighted by molar-refractivity contribution is 5.80. The number of carbonyl (C=O) groups is 3. The van der Waals surface area contributed by atoms with E-state index in [-0.39, 0.29) is 25.0 Å². The lowest BCUT2D eigenvalue weighted by Gasteiger charge is -2.36. The normalized spacial score (nSPS) is 15.1. The molecule has 0 atom stereocenters. The van der Waals surface area contributed by atoms with Crippen LogP contribution in [-0.4, -0.2) is 77.5 Å². The van der Waals surface area contributed by atoms with Crippen molar-refractivity contribution in [1.82, 2.24) is 14.7 Å². The van der Waals surface area contributed by atoms with E-state index in [0.29, 0.717) is 39.3 Å². The molecule has 1 heterocycles. The van der Waals surface area contributed by atoms with Crippen molar-refractivity contribution in [2.45, 2.75) is 39.3 Å². The smallest absolute Gasteiger partial charge is 0.410 e. The molecule has 1 aromatic rings. The summed E-state index contributed by atoms with van der Waals surface area (Å²) in [5, 5.41) is 0. The summed E-state index contributed by atoms with van der Waals surface area (Å²) in [4.78, 5) is 41.6. The number of nitrogens with two attached hydrogens (primary N) is 1. The number of nitrogens with zero attached hydrogens (tertiary/aromatic N) is 3. The molecule has 8 nitrogen and oxygen atoms in total. The number of benzene rings is 1. The van der Waals surface area contributed by atoms with Gasteiger partial charge in [0.1, 0.15) is 5.60 Å². The lowest BCUT2D eigenvalue weighted by molar-refractivity contribution is -0.133. The molecule has 1 aromatic carbocycles. The molecule has 0 unspecified atom stereocenters. The van der Waals surface area contributed by atoms with E-state index >= 15 is 0 Å². The van der Waals surface area contributed by atoms with Gasteiger partial charge in [-0.1, -0.05) is 30.3 Å². The summed E-state index contributed by atoms with van der Waals surface area (Å²) in [5.41, 5.74) is 5.74. The van der Waals surface area contributed by atoms with Gasteiger partial charge in [0.05, 0.1) is 6.54 Å². The van der Waals surface area contributed by atoms with E-state index in [1.54, 1.807) is 9.80 Å². The number of carbonyl (C=O) groups excluding carboxylic acids is 3. The minimum absolute atomic E-state index is 0.0548. The van der Waals surface area contributed by atoms with Gasteiger partial charge in [0.2, 0.25) is 11.8 Å². The van der Waals surface area contributed by atoms with Crippen molar-refractivity contribution in [3.63, 3.8) is 0 Å². The van der Waals surface area contributed by atoms with Gasteiger partial charge >= 0.3 is 6.09 Å². The maximum absolute atomic E-state index is 12.9. The second-order valence-electron chi connectivity index (χ2n) is 8.26. The third-order valence-electron chi connectivity index (χ3n) is 4.58. The predicted octanol–water partition coefficient (Wildman–Crippen LogP) is 1.44. The van der Waals surface area contributed by atoms with Gasteiger partial charge in [0.25, 0.3) is 0 Å². The van der Waals surface area contributed by atoms with Crippen LogP contribution in [0.5, 0.6) is 0 Å². The molecule has 160 valence electrons. The molecule has 29 heavy (non-hydrogen) atoms. The van der Waals surface area contributed by atoms with Crippen LogP contribution >= 0.6 is 0 Å². The average Bonchev–Trinajstić information content (AvgIpc) is 2.65. The SMILES string of the molecule is CC(C)(C)OC(=O)N1CCN(CC(=O)N(CCC(N)=O)Cc2ccccc2)CC1. The Bertz CT molecular complexity index is 694. The van der Waals surface area contributed by atoms with Crippen LogP contribution in [0.1, 0.15) is 32.8 Å². The zero-order valence-electron chi connectivity index (χ0n) is 17.6. The van der Waals surface area contributed by atoms with Crippen LogP contribution < -0.4 is 5.73 Å². The van der Waals surface area contributed by atoms with E-state index in [1.807, 2.05) is 56.0 Å². The Labute approximate surface area is 172 Å². The van der Waals surface area contributed by atoms with Crippen molar-refractivity contribution in [3.8, 4) is 0 Å². The fourth-order valence-electron chi connectivity index (χ4n) is 3.05. The average molecular weight is 405 g/mol. The van der Waals surface area contributed by atoms with E-state index in [2.05, 4.69) is 0 Å². The van der Waals surface area contributed by atoms with E-state index in [4.69, 9.17) is 10.5 Å². The van der Waals surface area contributed by atoms with Gasteiger partial charge in [0, 0.05) is 45.7 Å². The van der Waals surface area contributed by atoms with Crippen molar-refractivity contribution < 1.29 is 19.1 Å². The van der Waals surface area contributed by atoms with E-state index in [9.17, 15) is 14.4 Å². The first-order valence-electron chi connectivity index (χ1n) is 9.94. The number of hydrogen-bond acceptors (Lipinski definition) is 5. The molecule has 1 saturated heterocycles. The van der Waals surface area contributed by atoms with E-state index < -0.39 is 11.5 Å². The molecule has 0 spiro atoms. The first-order chi connectivity index (χ1) is 13.6. The number of primary amides is 1. The number of amides is 3. The summed E-state index contributed by atoms with van der Waals surface area (Å²) in [5.74, 6) is -0.484. The number of rotatable bonds is 7. The molecular weight excluding hydrogens is 372 g/mol. The quantitative estimate of drug-likeness (QED) is 0.742. The number of hydrogen-bond donors (Lipinski definition) is 1. The molecule has 1 aliphatic rings. The largest absolute Gasteiger partial charge is 0.444 e. The molecule has 0 bridgehead atoms. The van der Waals surface area contributed by atoms with E-state index in [1.165, 1.54) is 0 Å². The van der Waals surface area contributed by atoms with Crippen LogP contribution in [0.3, 0.4) is 0 Å². The van der Waals surface area contributed by atoms with Gasteiger partial charge in [-0.2, -0.15) is 0 Å². The Balaban J connectivity index is 1.88. The fraction of sp³-hybridized carbons (Fsp3) is 0.571. The molecule has 0 aromatic heterocycles. The standard InChI is InChI=1S/C21H32N4O4/c1-21(2,3)29-20(28)24-13-11-23(12-14-24)16-19(27)25(10-9-18(22)26)15-17-7-5-4-6-8-17/h4-8H,9-16H2,1-3H3,(H2,22,26). The second-order valence-corrected chi connectivity index (χ2v) is 8.26. The minimum Gasteiger partial charge on any atom is -0.444 e. The zero-order valence-corrected chi connectivity index (χ0v) is 17.6. The first kappa shape index (κ1) is 22.7. The molecule has 0 aliphatic carbocycles. The molecule has 2 N–H and O–H groups in total. The van der Waals surface area contributed by atoms with Gasteiger partial charge in [-0.05, 0) is 26.3 Å². The number of piperazine rings is 1. The molecule has 0 radical (unpaired) electrons. The lowest BCUT2D eigenvalue weighted by Crippen LogP contribution is -2.52. The Morgan fingerprint density at radius 2 is 1.69 bits per heavy atom. The van der Waals surface area contributed by atoms with Crippen molar-refractivity contribution in [1.29, 1.82) is 0 Å². The third kappa shape index (κ3) is 8.11. The van der Waals surface area contributed by atoms with Crippen molar-refractivity contribution >= 4 is 17.9 Å². The third-order valence-corrected chi connectivity index (χ3v) is 4.58. The maximum Gasteiger partial charge on any atom is 0.410 e. The van der Waals surface area contributed by atoms with Crippen molar-refractivity contribution in [3.05, 3.63) is 35.9 Å². The predicted molar refractivity (Wildman–Crippen MR) is 110 cm³/mol. The van der Waals surface area contributed by atoms with Crippen LogP contribution in [0, 0.1) is 0 Å². The number of ether oxygens (including phenoxy) is 1. The zero-order chi connectivity index (χ0) is 21.4. The Morgan fingerprint density at radius 1 is 1.07 bits per heavy atom. The Kier molecular flexibility index (Phi) is 8.01. The van der Waals surface area contributed by atoms with Crippen LogP contribution in [0.4, 0.5) is 4.79 Å². The fourth-order valence-corrected chi connectivity index (χ4v) is 3.05. The lowest BCUT2D eigenvalue weighted by atomic mass is 10.2. The summed E-state index contributed by atoms with van der Waals surface area (Å²) in [6, 6.07) is 9.65. The van der Waals surface area contributed by atoms with Gasteiger partial charge in [-0.15, -0.1) is 0 Å². The monoisotopic (exact) mass is 404 g/mol. The van der Waals surface area contributed by atoms with Crippen molar-refractivity contribution in [2.75, 3.05) is 39.3 Å². The van der Waals surface area contributed by atoms with Gasteiger partial charge < -0.3 is 20.3 Å². The molecular formula is C21H32N4O4. The van der Waals surface area contributed by atoms with Crippen LogP contribution in [0.15, 0.2) is 30.3 Å². The van der Waals surface area contributed by atoms with Crippen LogP contribution in [-0.2, 0) is 20.9 Å². The summed E-state index contributed by atoms with van der Waals surface area (Å²) in [6.45, 7) is 8.72. The highest BCUT2D eigenvalue weighted by Gasteiger charge is 2.27. The highest BCUT2D eigenvalue weighted by atomic mass is 16.6. The topological polar surface area (TPSA) is 96.2 Å². The molecule has 1 aliphatic heterocycles. The van der Waals surface area contributed by atoms with Gasteiger partial charge in [-0.3, -0.25) is 14.5 Å². The summed E-state index contributed by atoms with van der Waals surface area (Å²) in [6.07, 6.45) is -0.194. The second kappa shape index (κ2) is 10.2. The van der Waals surface area contributed by atoms with Crippen molar-refractivity contribution in [2.24, 2.45) is 5.73 Å². The molecule has 1 fully saturated rings. The summed E-state index contributed by atoms with van der Waals surface area (Å²) in [7, 11) is 0. The highest BCUT2D eigenvalue weighted by Crippen LogP contribution is 2.12. The molecule has 3 amide bonds. The first-order valence-corrected chi connectivity index (χ1v) is 9.94. The molecule has 0 saturated carbocycles. The van der Waals surface area contributed by atoms with Crippen LogP contribution in [0.25, 0.3) is 0 Å². The summed E-state index contributed by atoms with van der Waals surface area (Å²) < 4.78 is 5.40. The minimum atomic E-state index is -0.525. The Morgan fingerprint density at radius 3 is 2.24 bits per heavy atom. The van der Waals surface area contributed by atoms with Gasteiger partial charge in [0.15, 0.2) is 0 Å². The maximum atomic E-state index is 12.9.